The van der Waals surface area contributed by atoms with E-state index in [1.165, 1.54) is 24.3 Å². The van der Waals surface area contributed by atoms with Crippen LogP contribution in [0, 0.1) is 0 Å². The fourth-order valence-corrected chi connectivity index (χ4v) is 1.59. The number of carbonyl (C=O) groups excluding carboxylic acids is 1. The molecule has 0 aliphatic carbocycles. The Hall–Kier alpha value is -1.49. The highest BCUT2D eigenvalue weighted by molar-refractivity contribution is 5.76. The zero-order valence-corrected chi connectivity index (χ0v) is 10.3. The van der Waals surface area contributed by atoms with Gasteiger partial charge in [-0.15, -0.1) is 0 Å². The van der Waals surface area contributed by atoms with E-state index in [0.29, 0.717) is 5.56 Å². The number of ether oxygens (including phenoxy) is 1. The number of aliphatic hydroxyl groups excluding tert-OH is 1. The molecule has 1 atom stereocenters. The van der Waals surface area contributed by atoms with Crippen LogP contribution in [0.4, 0.5) is 8.78 Å². The summed E-state index contributed by atoms with van der Waals surface area (Å²) in [6.07, 6.45) is -1.87. The number of hydrogen-bond acceptors (Lipinski definition) is 3. The summed E-state index contributed by atoms with van der Waals surface area (Å²) in [4.78, 5) is 11.3. The maximum atomic E-state index is 12.9. The van der Waals surface area contributed by atoms with Crippen LogP contribution < -0.4 is 0 Å². The minimum atomic E-state index is -2.83. The Labute approximate surface area is 104 Å². The molecule has 1 aromatic carbocycles. The second-order valence-electron chi connectivity index (χ2n) is 4.15. The van der Waals surface area contributed by atoms with E-state index >= 15 is 0 Å². The van der Waals surface area contributed by atoms with Gasteiger partial charge in [0, 0.05) is 6.42 Å². The van der Waals surface area contributed by atoms with Gasteiger partial charge in [-0.2, -0.15) is 0 Å². The number of halogens is 2. The Morgan fingerprint density at radius 2 is 2.17 bits per heavy atom. The number of hydrogen-bond donors (Lipinski definition) is 1. The molecule has 3 nitrogen and oxygen atoms in total. The summed E-state index contributed by atoms with van der Waals surface area (Å²) in [7, 11) is 0. The summed E-state index contributed by atoms with van der Waals surface area (Å²) in [6.45, 7) is 2.60. The average Bonchev–Trinajstić information content (AvgIpc) is 2.26. The third-order valence-corrected chi connectivity index (χ3v) is 2.29. The molecule has 1 rings (SSSR count). The largest absolute Gasteiger partial charge is 0.464 e. The first-order valence-corrected chi connectivity index (χ1v) is 5.65. The summed E-state index contributed by atoms with van der Waals surface area (Å²) in [5.41, 5.74) is 0.624. The van der Waals surface area contributed by atoms with Crippen LogP contribution >= 0.6 is 0 Å². The van der Waals surface area contributed by atoms with Gasteiger partial charge in [-0.3, -0.25) is 0 Å². The van der Waals surface area contributed by atoms with Crippen LogP contribution in [0.15, 0.2) is 24.3 Å². The van der Waals surface area contributed by atoms with Gasteiger partial charge in [-0.05, 0) is 25.0 Å². The van der Waals surface area contributed by atoms with E-state index in [-0.39, 0.29) is 12.2 Å². The molecule has 0 fully saturated rings. The van der Waals surface area contributed by atoms with E-state index in [1.807, 2.05) is 0 Å². The lowest BCUT2D eigenvalue weighted by atomic mass is 10.0. The Bertz CT molecular complexity index is 413. The maximum absolute atomic E-state index is 12.9. The Kier molecular flexibility index (Phi) is 4.78. The maximum Gasteiger partial charge on any atom is 0.339 e. The predicted octanol–water partition coefficient (Wildman–Crippen LogP) is 2.48. The number of esters is 1. The van der Waals surface area contributed by atoms with Gasteiger partial charge in [0.25, 0.3) is 0 Å². The molecule has 0 heterocycles. The third kappa shape index (κ3) is 4.41. The van der Waals surface area contributed by atoms with Gasteiger partial charge in [0.05, 0.1) is 6.61 Å². The summed E-state index contributed by atoms with van der Waals surface area (Å²) in [6, 6.07) is 5.94. The number of carbonyl (C=O) groups is 1. The van der Waals surface area contributed by atoms with Gasteiger partial charge in [0.15, 0.2) is 6.10 Å². The van der Waals surface area contributed by atoms with Crippen molar-refractivity contribution in [3.63, 3.8) is 0 Å². The molecule has 0 radical (unpaired) electrons. The summed E-state index contributed by atoms with van der Waals surface area (Å²) in [5.74, 6) is -3.61. The third-order valence-electron chi connectivity index (χ3n) is 2.29. The smallest absolute Gasteiger partial charge is 0.339 e. The number of aliphatic hydroxyl groups is 1. The first-order valence-electron chi connectivity index (χ1n) is 5.65. The molecule has 0 aromatic heterocycles. The van der Waals surface area contributed by atoms with Crippen LogP contribution in [0.3, 0.4) is 0 Å². The fourth-order valence-electron chi connectivity index (χ4n) is 1.59. The second-order valence-corrected chi connectivity index (χ2v) is 4.15. The molecular weight excluding hydrogens is 242 g/mol. The second kappa shape index (κ2) is 5.91. The van der Waals surface area contributed by atoms with Crippen LogP contribution in [0.25, 0.3) is 0 Å². The SMILES string of the molecule is CCOC(=O)C(O)c1cccc(CC(C)(F)F)c1. The van der Waals surface area contributed by atoms with Crippen molar-refractivity contribution in [3.8, 4) is 0 Å². The average molecular weight is 258 g/mol. The van der Waals surface area contributed by atoms with Crippen molar-refractivity contribution >= 4 is 5.97 Å². The standard InChI is InChI=1S/C13H16F2O3/c1-3-18-12(17)11(16)10-6-4-5-9(7-10)8-13(2,14)15/h4-7,11,16H,3,8H2,1-2H3. The highest BCUT2D eigenvalue weighted by Crippen LogP contribution is 2.22. The quantitative estimate of drug-likeness (QED) is 0.825. The molecule has 0 spiro atoms. The van der Waals surface area contributed by atoms with Crippen LogP contribution in [-0.4, -0.2) is 23.6 Å². The lowest BCUT2D eigenvalue weighted by molar-refractivity contribution is -0.153. The van der Waals surface area contributed by atoms with E-state index in [1.54, 1.807) is 6.92 Å². The fraction of sp³-hybridized carbons (Fsp3) is 0.462. The molecule has 100 valence electrons. The number of benzene rings is 1. The van der Waals surface area contributed by atoms with Gasteiger partial charge in [0.1, 0.15) is 0 Å². The van der Waals surface area contributed by atoms with Gasteiger partial charge in [-0.1, -0.05) is 24.3 Å². The van der Waals surface area contributed by atoms with Crippen molar-refractivity contribution in [2.45, 2.75) is 32.3 Å². The van der Waals surface area contributed by atoms with Crippen molar-refractivity contribution in [3.05, 3.63) is 35.4 Å². The summed E-state index contributed by atoms with van der Waals surface area (Å²) >= 11 is 0. The van der Waals surface area contributed by atoms with Crippen molar-refractivity contribution in [1.29, 1.82) is 0 Å². The normalized spacial score (nSPS) is 13.2. The van der Waals surface area contributed by atoms with Crippen LogP contribution in [-0.2, 0) is 16.0 Å². The van der Waals surface area contributed by atoms with Gasteiger partial charge in [0.2, 0.25) is 5.92 Å². The van der Waals surface area contributed by atoms with E-state index in [2.05, 4.69) is 4.74 Å². The molecule has 0 saturated carbocycles. The molecule has 0 aliphatic rings. The van der Waals surface area contributed by atoms with Gasteiger partial charge in [-0.25, -0.2) is 13.6 Å². The van der Waals surface area contributed by atoms with Crippen molar-refractivity contribution in [2.24, 2.45) is 0 Å². The number of alkyl halides is 2. The van der Waals surface area contributed by atoms with Crippen LogP contribution in [0.1, 0.15) is 31.1 Å². The minimum Gasteiger partial charge on any atom is -0.464 e. The predicted molar refractivity (Wildman–Crippen MR) is 62.4 cm³/mol. The summed E-state index contributed by atoms with van der Waals surface area (Å²) < 4.78 is 30.4. The highest BCUT2D eigenvalue weighted by Gasteiger charge is 2.23. The minimum absolute atomic E-state index is 0.155. The topological polar surface area (TPSA) is 46.5 Å². The van der Waals surface area contributed by atoms with Crippen LogP contribution in [0.5, 0.6) is 0 Å². The van der Waals surface area contributed by atoms with E-state index in [9.17, 15) is 18.7 Å². The zero-order valence-electron chi connectivity index (χ0n) is 10.3. The van der Waals surface area contributed by atoms with E-state index < -0.39 is 24.4 Å². The van der Waals surface area contributed by atoms with Gasteiger partial charge >= 0.3 is 5.97 Å². The first kappa shape index (κ1) is 14.6. The monoisotopic (exact) mass is 258 g/mol. The molecule has 0 aliphatic heterocycles. The number of rotatable bonds is 5. The molecule has 18 heavy (non-hydrogen) atoms. The Morgan fingerprint density at radius 1 is 1.50 bits per heavy atom. The van der Waals surface area contributed by atoms with E-state index in [4.69, 9.17) is 0 Å². The molecule has 5 heteroatoms. The molecule has 0 amide bonds. The first-order chi connectivity index (χ1) is 8.33. The lowest BCUT2D eigenvalue weighted by Gasteiger charge is -2.13. The van der Waals surface area contributed by atoms with Gasteiger partial charge < -0.3 is 9.84 Å². The van der Waals surface area contributed by atoms with Crippen molar-refractivity contribution in [2.75, 3.05) is 6.61 Å². The molecule has 0 bridgehead atoms. The van der Waals surface area contributed by atoms with Crippen molar-refractivity contribution < 1.29 is 23.4 Å². The molecular formula is C13H16F2O3. The summed E-state index contributed by atoms with van der Waals surface area (Å²) in [5, 5.41) is 9.68. The van der Waals surface area contributed by atoms with Crippen molar-refractivity contribution in [1.82, 2.24) is 0 Å². The Morgan fingerprint density at radius 3 is 2.72 bits per heavy atom. The molecule has 1 N–H and O–H groups in total. The molecule has 1 unspecified atom stereocenters. The molecule has 0 saturated heterocycles. The van der Waals surface area contributed by atoms with E-state index in [0.717, 1.165) is 6.92 Å². The lowest BCUT2D eigenvalue weighted by Crippen LogP contribution is -2.17. The van der Waals surface area contributed by atoms with Crippen LogP contribution in [0.2, 0.25) is 0 Å². The Balaban J connectivity index is 2.84. The zero-order chi connectivity index (χ0) is 13.8. The molecule has 1 aromatic rings. The highest BCUT2D eigenvalue weighted by atomic mass is 19.3.